The number of piperidine rings is 1. The Kier molecular flexibility index (Phi) is 4.26. The molecule has 1 aliphatic heterocycles. The van der Waals surface area contributed by atoms with Crippen LogP contribution in [0.4, 0.5) is 0 Å². The molecule has 1 aliphatic rings. The predicted octanol–water partition coefficient (Wildman–Crippen LogP) is -0.844. The minimum atomic E-state index is -0.750. The molecule has 3 N–H and O–H groups in total. The minimum absolute atomic E-state index is 0.285. The highest BCUT2D eigenvalue weighted by Crippen LogP contribution is 2.19. The normalized spacial score (nSPS) is 20.9. The third-order valence-corrected chi connectivity index (χ3v) is 2.97. The Labute approximate surface area is 95.0 Å². The van der Waals surface area contributed by atoms with E-state index in [1.165, 1.54) is 0 Å². The summed E-state index contributed by atoms with van der Waals surface area (Å²) >= 11 is 0. The fraction of sp³-hybridized carbons (Fsp3) is 0.800. The maximum Gasteiger partial charge on any atom is 0.306 e. The number of primary amides is 1. The van der Waals surface area contributed by atoms with Crippen LogP contribution in [-0.2, 0) is 9.59 Å². The van der Waals surface area contributed by atoms with E-state index in [0.717, 1.165) is 0 Å². The van der Waals surface area contributed by atoms with Crippen molar-refractivity contribution in [3.05, 3.63) is 0 Å². The van der Waals surface area contributed by atoms with Crippen molar-refractivity contribution in [2.75, 3.05) is 27.2 Å². The molecule has 16 heavy (non-hydrogen) atoms. The zero-order valence-electron chi connectivity index (χ0n) is 9.72. The van der Waals surface area contributed by atoms with Crippen molar-refractivity contribution in [1.82, 2.24) is 9.80 Å². The Morgan fingerprint density at radius 2 is 1.88 bits per heavy atom. The third-order valence-electron chi connectivity index (χ3n) is 2.97. The predicted molar refractivity (Wildman–Crippen MR) is 58.6 cm³/mol. The molecule has 1 rings (SSSR count). The number of carboxylic acid groups (broad SMARTS) is 1. The number of aliphatic carboxylic acids is 1. The van der Waals surface area contributed by atoms with E-state index < -0.39 is 18.0 Å². The molecular formula is C10H19N3O3. The van der Waals surface area contributed by atoms with Gasteiger partial charge in [0.2, 0.25) is 5.91 Å². The third kappa shape index (κ3) is 2.93. The molecule has 92 valence electrons. The monoisotopic (exact) mass is 229 g/mol. The van der Waals surface area contributed by atoms with E-state index in [-0.39, 0.29) is 5.92 Å². The minimum Gasteiger partial charge on any atom is -0.481 e. The van der Waals surface area contributed by atoms with Crippen LogP contribution in [0.1, 0.15) is 12.8 Å². The highest BCUT2D eigenvalue weighted by atomic mass is 16.4. The number of amides is 1. The molecular weight excluding hydrogens is 210 g/mol. The standard InChI is InChI=1S/C10H19N3O3/c1-12(2)9(8(11)14)13-5-3-7(4-6-13)10(15)16/h7,9H,3-6H2,1-2H3,(H2,11,14)(H,15,16). The van der Waals surface area contributed by atoms with Gasteiger partial charge in [-0.2, -0.15) is 0 Å². The lowest BCUT2D eigenvalue weighted by Gasteiger charge is -2.37. The largest absolute Gasteiger partial charge is 0.481 e. The van der Waals surface area contributed by atoms with Crippen molar-refractivity contribution >= 4 is 11.9 Å². The van der Waals surface area contributed by atoms with E-state index in [9.17, 15) is 9.59 Å². The summed E-state index contributed by atoms with van der Waals surface area (Å²) in [7, 11) is 3.58. The molecule has 0 radical (unpaired) electrons. The molecule has 0 bridgehead atoms. The van der Waals surface area contributed by atoms with Crippen LogP contribution in [0.15, 0.2) is 0 Å². The molecule has 0 aromatic heterocycles. The molecule has 6 heteroatoms. The number of carbonyl (C=O) groups excluding carboxylic acids is 1. The van der Waals surface area contributed by atoms with Crippen molar-refractivity contribution < 1.29 is 14.7 Å². The second kappa shape index (κ2) is 5.27. The first-order valence-electron chi connectivity index (χ1n) is 5.36. The number of rotatable bonds is 4. The Hall–Kier alpha value is -1.14. The summed E-state index contributed by atoms with van der Waals surface area (Å²) in [6, 6.07) is 0. The highest BCUT2D eigenvalue weighted by molar-refractivity contribution is 5.79. The Morgan fingerprint density at radius 1 is 1.38 bits per heavy atom. The van der Waals surface area contributed by atoms with Crippen molar-refractivity contribution in [3.8, 4) is 0 Å². The summed E-state index contributed by atoms with van der Waals surface area (Å²) in [6.45, 7) is 1.20. The molecule has 1 saturated heterocycles. The molecule has 1 unspecified atom stereocenters. The topological polar surface area (TPSA) is 86.9 Å². The van der Waals surface area contributed by atoms with Crippen molar-refractivity contribution in [1.29, 1.82) is 0 Å². The summed E-state index contributed by atoms with van der Waals surface area (Å²) in [5, 5.41) is 8.86. The van der Waals surface area contributed by atoms with E-state index in [0.29, 0.717) is 25.9 Å². The van der Waals surface area contributed by atoms with Crippen LogP contribution in [0.25, 0.3) is 0 Å². The lowest BCUT2D eigenvalue weighted by molar-refractivity contribution is -0.144. The van der Waals surface area contributed by atoms with Gasteiger partial charge in [0.25, 0.3) is 0 Å². The van der Waals surface area contributed by atoms with E-state index in [2.05, 4.69) is 0 Å². The maximum absolute atomic E-state index is 11.3. The molecule has 0 saturated carbocycles. The van der Waals surface area contributed by atoms with E-state index in [1.807, 2.05) is 4.90 Å². The van der Waals surface area contributed by atoms with Gasteiger partial charge >= 0.3 is 5.97 Å². The van der Waals surface area contributed by atoms with Crippen molar-refractivity contribution in [2.24, 2.45) is 11.7 Å². The number of carboxylic acids is 1. The molecule has 0 spiro atoms. The zero-order chi connectivity index (χ0) is 12.3. The summed E-state index contributed by atoms with van der Waals surface area (Å²) < 4.78 is 0. The first-order chi connectivity index (χ1) is 7.43. The number of hydrogen-bond acceptors (Lipinski definition) is 4. The van der Waals surface area contributed by atoms with E-state index in [1.54, 1.807) is 19.0 Å². The van der Waals surface area contributed by atoms with Gasteiger partial charge in [-0.05, 0) is 26.9 Å². The molecule has 0 aliphatic carbocycles. The van der Waals surface area contributed by atoms with Crippen LogP contribution >= 0.6 is 0 Å². The van der Waals surface area contributed by atoms with Crippen LogP contribution in [0, 0.1) is 5.92 Å². The molecule has 1 amide bonds. The summed E-state index contributed by atoms with van der Waals surface area (Å²) in [5.41, 5.74) is 5.32. The first kappa shape index (κ1) is 12.9. The van der Waals surface area contributed by atoms with Crippen LogP contribution in [-0.4, -0.2) is 60.1 Å². The lowest BCUT2D eigenvalue weighted by atomic mass is 9.96. The van der Waals surface area contributed by atoms with Gasteiger partial charge in [0.15, 0.2) is 0 Å². The van der Waals surface area contributed by atoms with Gasteiger partial charge in [-0.15, -0.1) is 0 Å². The maximum atomic E-state index is 11.3. The first-order valence-corrected chi connectivity index (χ1v) is 5.36. The lowest BCUT2D eigenvalue weighted by Crippen LogP contribution is -2.55. The van der Waals surface area contributed by atoms with Crippen LogP contribution in [0.2, 0.25) is 0 Å². The van der Waals surface area contributed by atoms with E-state index in [4.69, 9.17) is 10.8 Å². The number of nitrogens with zero attached hydrogens (tertiary/aromatic N) is 2. The van der Waals surface area contributed by atoms with Gasteiger partial charge in [-0.1, -0.05) is 0 Å². The molecule has 0 aromatic rings. The number of likely N-dealkylation sites (tertiary alicyclic amines) is 1. The quantitative estimate of drug-likeness (QED) is 0.656. The van der Waals surface area contributed by atoms with Crippen molar-refractivity contribution in [3.63, 3.8) is 0 Å². The Balaban J connectivity index is 2.57. The average molecular weight is 229 g/mol. The number of hydrogen-bond donors (Lipinski definition) is 2. The molecule has 1 atom stereocenters. The van der Waals surface area contributed by atoms with Gasteiger partial charge in [0, 0.05) is 13.1 Å². The molecule has 1 fully saturated rings. The van der Waals surface area contributed by atoms with Crippen LogP contribution in [0.3, 0.4) is 0 Å². The molecule has 6 nitrogen and oxygen atoms in total. The van der Waals surface area contributed by atoms with Crippen LogP contribution < -0.4 is 5.73 Å². The van der Waals surface area contributed by atoms with Crippen molar-refractivity contribution in [2.45, 2.75) is 19.0 Å². The smallest absolute Gasteiger partial charge is 0.306 e. The SMILES string of the molecule is CN(C)C(C(N)=O)N1CCC(C(=O)O)CC1. The van der Waals surface area contributed by atoms with Gasteiger partial charge < -0.3 is 10.8 Å². The zero-order valence-corrected chi connectivity index (χ0v) is 9.72. The second-order valence-corrected chi connectivity index (χ2v) is 4.39. The van der Waals surface area contributed by atoms with Gasteiger partial charge in [-0.3, -0.25) is 19.4 Å². The Bertz CT molecular complexity index is 272. The molecule has 0 aromatic carbocycles. The number of carbonyl (C=O) groups is 2. The fourth-order valence-electron chi connectivity index (χ4n) is 2.15. The van der Waals surface area contributed by atoms with Gasteiger partial charge in [0.1, 0.15) is 6.17 Å². The second-order valence-electron chi connectivity index (χ2n) is 4.39. The average Bonchev–Trinajstić information content (AvgIpc) is 2.17. The summed E-state index contributed by atoms with van der Waals surface area (Å²) in [4.78, 5) is 25.7. The summed E-state index contributed by atoms with van der Waals surface area (Å²) in [5.74, 6) is -1.43. The van der Waals surface area contributed by atoms with E-state index >= 15 is 0 Å². The van der Waals surface area contributed by atoms with Gasteiger partial charge in [-0.25, -0.2) is 0 Å². The van der Waals surface area contributed by atoms with Crippen LogP contribution in [0.5, 0.6) is 0 Å². The number of nitrogens with two attached hydrogens (primary N) is 1. The van der Waals surface area contributed by atoms with Gasteiger partial charge in [0.05, 0.1) is 5.92 Å². The summed E-state index contributed by atoms with van der Waals surface area (Å²) in [6.07, 6.45) is 0.717. The number of likely N-dealkylation sites (N-methyl/N-ethyl adjacent to an activating group) is 1. The Morgan fingerprint density at radius 3 is 2.19 bits per heavy atom. The molecule has 1 heterocycles. The fourth-order valence-corrected chi connectivity index (χ4v) is 2.15. The highest BCUT2D eigenvalue weighted by Gasteiger charge is 2.31.